The number of phosphoric acid groups is 1. The van der Waals surface area contributed by atoms with E-state index >= 15 is 0 Å². The van der Waals surface area contributed by atoms with Gasteiger partial charge < -0.3 is 45.4 Å². The summed E-state index contributed by atoms with van der Waals surface area (Å²) in [4.78, 5) is 52.5. The van der Waals surface area contributed by atoms with Crippen molar-refractivity contribution in [1.29, 1.82) is 0 Å². The lowest BCUT2D eigenvalue weighted by Gasteiger charge is -2.40. The van der Waals surface area contributed by atoms with Gasteiger partial charge in [0.2, 0.25) is 11.8 Å². The number of carbonyl (C=O) groups is 2. The molecule has 0 aliphatic carbocycles. The average Bonchev–Trinajstić information content (AvgIpc) is 2.82. The monoisotopic (exact) mass is 574 g/mol. The first-order valence-corrected chi connectivity index (χ1v) is 14.3. The van der Waals surface area contributed by atoms with Crippen molar-refractivity contribution >= 4 is 32.5 Å². The molecule has 2 aromatic carbocycles. The van der Waals surface area contributed by atoms with Crippen molar-refractivity contribution < 1.29 is 57.8 Å². The molecule has 1 unspecified atom stereocenters. The van der Waals surface area contributed by atoms with Gasteiger partial charge in [-0.15, -0.1) is 0 Å². The Balaban J connectivity index is 1.78. The zero-order chi connectivity index (χ0) is 28.3. The third-order valence-corrected chi connectivity index (χ3v) is 8.42. The summed E-state index contributed by atoms with van der Waals surface area (Å²) in [7, 11) is -10.5. The number of benzene rings is 2. The molecule has 1 aliphatic rings. The van der Waals surface area contributed by atoms with Crippen LogP contribution in [0.5, 0.6) is 0 Å². The number of ether oxygens (including phenoxy) is 1. The Morgan fingerprint density at radius 2 is 1.63 bits per heavy atom. The van der Waals surface area contributed by atoms with Crippen molar-refractivity contribution in [3.63, 3.8) is 0 Å². The highest BCUT2D eigenvalue weighted by Crippen LogP contribution is 2.56. The topological polar surface area (TPSA) is 232 Å². The van der Waals surface area contributed by atoms with E-state index in [1.807, 2.05) is 0 Å². The predicted molar refractivity (Wildman–Crippen MR) is 132 cm³/mol. The average molecular weight is 574 g/mol. The second-order valence-electron chi connectivity index (χ2n) is 8.56. The van der Waals surface area contributed by atoms with Gasteiger partial charge in [0.05, 0.1) is 11.7 Å². The highest BCUT2D eigenvalue weighted by molar-refractivity contribution is 7.69. The third kappa shape index (κ3) is 7.78. The minimum Gasteiger partial charge on any atom is -0.388 e. The van der Waals surface area contributed by atoms with Crippen LogP contribution in [0.4, 0.5) is 0 Å². The molecule has 3 rings (SSSR count). The van der Waals surface area contributed by atoms with Crippen LogP contribution in [0.1, 0.15) is 12.5 Å². The van der Waals surface area contributed by atoms with Crippen molar-refractivity contribution in [3.8, 4) is 11.1 Å². The Morgan fingerprint density at radius 3 is 2.24 bits per heavy atom. The van der Waals surface area contributed by atoms with E-state index in [1.54, 1.807) is 36.4 Å². The molecule has 1 heterocycles. The minimum absolute atomic E-state index is 0.0719. The minimum atomic E-state index is -5.39. The van der Waals surface area contributed by atoms with Crippen LogP contribution in [-0.4, -0.2) is 79.0 Å². The van der Waals surface area contributed by atoms with Crippen molar-refractivity contribution in [3.05, 3.63) is 54.1 Å². The number of amides is 2. The fraction of sp³-hybridized carbons (Fsp3) is 0.364. The second kappa shape index (κ2) is 12.1. The van der Waals surface area contributed by atoms with E-state index in [2.05, 4.69) is 14.9 Å². The Morgan fingerprint density at radius 1 is 0.974 bits per heavy atom. The molecule has 208 valence electrons. The molecule has 0 saturated carbocycles. The summed E-state index contributed by atoms with van der Waals surface area (Å²) in [5.74, 6) is -1.33. The van der Waals surface area contributed by atoms with E-state index in [9.17, 15) is 38.9 Å². The van der Waals surface area contributed by atoms with E-state index in [4.69, 9.17) is 14.5 Å². The lowest BCUT2D eigenvalue weighted by atomic mass is 9.96. The summed E-state index contributed by atoms with van der Waals surface area (Å²) in [6.45, 7) is 0.753. The first-order chi connectivity index (χ1) is 17.7. The Labute approximate surface area is 217 Å². The second-order valence-corrected chi connectivity index (χ2v) is 11.7. The van der Waals surface area contributed by atoms with Crippen LogP contribution in [0.3, 0.4) is 0 Å². The highest BCUT2D eigenvalue weighted by atomic mass is 31.3. The Bertz CT molecular complexity index is 1250. The Hall–Kier alpha value is -2.48. The number of hydrogen-bond donors (Lipinski definition) is 8. The van der Waals surface area contributed by atoms with Gasteiger partial charge >= 0.3 is 15.4 Å². The standard InChI is InChI=1S/C22H28N2O12P2/c1-12(25)24-19-21(28)20(27)16(35-22(19)29)11-23-18(26)10-15-8-7-14(13-5-3-2-4-6-13)9-17(15)37(30,31)36-38(32,33)34/h2-9,16,19-22,27-29H,10-11H2,1H3,(H,23,26)(H,24,25)(H,30,31)(H2,32,33,34)/t16-,19-,20-,21-,22+/m1/s1. The Kier molecular flexibility index (Phi) is 9.61. The van der Waals surface area contributed by atoms with E-state index < -0.39 is 76.1 Å². The molecule has 6 atom stereocenters. The molecule has 1 saturated heterocycles. The first-order valence-electron chi connectivity index (χ1n) is 11.2. The fourth-order valence-corrected chi connectivity index (χ4v) is 6.25. The zero-order valence-corrected chi connectivity index (χ0v) is 21.7. The number of nitrogens with one attached hydrogen (secondary N) is 2. The van der Waals surface area contributed by atoms with Crippen LogP contribution < -0.4 is 15.9 Å². The summed E-state index contributed by atoms with van der Waals surface area (Å²) in [6.07, 6.45) is -6.68. The van der Waals surface area contributed by atoms with Crippen molar-refractivity contribution in [2.24, 2.45) is 0 Å². The first kappa shape index (κ1) is 30.1. The molecule has 2 aromatic rings. The fourth-order valence-electron chi connectivity index (χ4n) is 3.93. The van der Waals surface area contributed by atoms with Crippen molar-refractivity contribution in [2.75, 3.05) is 6.54 Å². The summed E-state index contributed by atoms with van der Waals surface area (Å²) >= 11 is 0. The predicted octanol–water partition coefficient (Wildman–Crippen LogP) is -1.12. The van der Waals surface area contributed by atoms with E-state index in [0.29, 0.717) is 11.1 Å². The SMILES string of the molecule is CC(=O)N[C@@H]1[C@@H](O)[C@H](O)[C@@H](CNC(=O)Cc2ccc(-c3ccccc3)cc2P(=O)(O)OP(=O)(O)O)O[C@@H]1O. The van der Waals surface area contributed by atoms with Gasteiger partial charge in [-0.25, -0.2) is 8.88 Å². The summed E-state index contributed by atoms with van der Waals surface area (Å²) < 4.78 is 33.5. The maximum absolute atomic E-state index is 12.8. The largest absolute Gasteiger partial charge is 0.477 e. The molecule has 0 spiro atoms. The molecule has 0 bridgehead atoms. The van der Waals surface area contributed by atoms with Crippen molar-refractivity contribution in [2.45, 2.75) is 44.0 Å². The molecule has 14 nitrogen and oxygen atoms in total. The van der Waals surface area contributed by atoms with Crippen LogP contribution in [0.25, 0.3) is 11.1 Å². The molecule has 1 aliphatic heterocycles. The van der Waals surface area contributed by atoms with Crippen LogP contribution in [0.2, 0.25) is 0 Å². The smallest absolute Gasteiger partial charge is 0.388 e. The summed E-state index contributed by atoms with van der Waals surface area (Å²) in [5.41, 5.74) is 0.972. The number of carbonyl (C=O) groups excluding carboxylic acids is 2. The number of hydrogen-bond acceptors (Lipinski definition) is 9. The molecule has 2 amide bonds. The lowest BCUT2D eigenvalue weighted by Crippen LogP contribution is -2.64. The van der Waals surface area contributed by atoms with Crippen LogP contribution in [0, 0.1) is 0 Å². The van der Waals surface area contributed by atoms with Gasteiger partial charge in [-0.2, -0.15) is 0 Å². The summed E-state index contributed by atoms with van der Waals surface area (Å²) in [5, 5.41) is 34.7. The van der Waals surface area contributed by atoms with Gasteiger partial charge in [-0.05, 0) is 22.8 Å². The number of aliphatic hydroxyl groups excluding tert-OH is 3. The molecule has 0 aromatic heterocycles. The molecule has 38 heavy (non-hydrogen) atoms. The van der Waals surface area contributed by atoms with Gasteiger partial charge in [0.15, 0.2) is 6.29 Å². The van der Waals surface area contributed by atoms with Crippen LogP contribution >= 0.6 is 15.4 Å². The molecular formula is C22H28N2O12P2. The van der Waals surface area contributed by atoms with Crippen LogP contribution in [0.15, 0.2) is 48.5 Å². The number of rotatable bonds is 9. The van der Waals surface area contributed by atoms with E-state index in [1.165, 1.54) is 12.1 Å². The maximum Gasteiger partial charge on any atom is 0.477 e. The maximum atomic E-state index is 12.8. The molecule has 0 radical (unpaired) electrons. The molecule has 1 fully saturated rings. The third-order valence-electron chi connectivity index (χ3n) is 5.66. The van der Waals surface area contributed by atoms with Gasteiger partial charge in [-0.3, -0.25) is 14.2 Å². The van der Waals surface area contributed by atoms with E-state index in [0.717, 1.165) is 6.92 Å². The van der Waals surface area contributed by atoms with Crippen molar-refractivity contribution in [1.82, 2.24) is 10.6 Å². The lowest BCUT2D eigenvalue weighted by molar-refractivity contribution is -0.245. The van der Waals surface area contributed by atoms with Gasteiger partial charge in [-0.1, -0.05) is 42.5 Å². The zero-order valence-electron chi connectivity index (χ0n) is 19.9. The van der Waals surface area contributed by atoms with Gasteiger partial charge in [0, 0.05) is 13.5 Å². The van der Waals surface area contributed by atoms with Gasteiger partial charge in [0.25, 0.3) is 0 Å². The van der Waals surface area contributed by atoms with Gasteiger partial charge in [0.1, 0.15) is 24.4 Å². The highest BCUT2D eigenvalue weighted by Gasteiger charge is 2.44. The number of aliphatic hydroxyl groups is 3. The normalized spacial score (nSPS) is 25.3. The molecule has 16 heteroatoms. The molecular weight excluding hydrogens is 546 g/mol. The molecule has 8 N–H and O–H groups in total. The van der Waals surface area contributed by atoms with E-state index in [-0.39, 0.29) is 5.56 Å². The van der Waals surface area contributed by atoms with Crippen LogP contribution in [-0.2, 0) is 34.2 Å². The quantitative estimate of drug-likeness (QED) is 0.166. The summed E-state index contributed by atoms with van der Waals surface area (Å²) in [6, 6.07) is 11.4.